The first kappa shape index (κ1) is 18.3. The van der Waals surface area contributed by atoms with Crippen molar-refractivity contribution in [2.45, 2.75) is 26.0 Å². The van der Waals surface area contributed by atoms with Crippen molar-refractivity contribution in [2.24, 2.45) is 5.73 Å². The van der Waals surface area contributed by atoms with Gasteiger partial charge in [-0.25, -0.2) is 0 Å². The maximum absolute atomic E-state index is 12.3. The summed E-state index contributed by atoms with van der Waals surface area (Å²) in [6.07, 6.45) is 0.329. The summed E-state index contributed by atoms with van der Waals surface area (Å²) in [5.74, 6) is 0.773. The molecular weight excluding hydrogens is 324 g/mol. The van der Waals surface area contributed by atoms with Crippen LogP contribution in [0.4, 0.5) is 0 Å². The van der Waals surface area contributed by atoms with Crippen LogP contribution in [0.15, 0.2) is 48.5 Å². The Labute approximate surface area is 148 Å². The molecule has 0 fully saturated rings. The number of halogens is 1. The number of carbonyl (C=O) groups is 1. The number of rotatable bonds is 7. The molecule has 0 radical (unpaired) electrons. The Morgan fingerprint density at radius 2 is 1.92 bits per heavy atom. The lowest BCUT2D eigenvalue weighted by molar-refractivity contribution is -0.130. The maximum atomic E-state index is 12.3. The number of ether oxygens (including phenoxy) is 1. The highest BCUT2D eigenvalue weighted by atomic mass is 35.5. The summed E-state index contributed by atoms with van der Waals surface area (Å²) in [5, 5.41) is 0.688. The van der Waals surface area contributed by atoms with E-state index in [1.165, 1.54) is 0 Å². The van der Waals surface area contributed by atoms with Crippen LogP contribution in [0, 0.1) is 0 Å². The van der Waals surface area contributed by atoms with Crippen molar-refractivity contribution in [1.82, 2.24) is 4.90 Å². The van der Waals surface area contributed by atoms with Gasteiger partial charge in [0, 0.05) is 24.7 Å². The fourth-order valence-electron chi connectivity index (χ4n) is 2.24. The third-order valence-electron chi connectivity index (χ3n) is 3.94. The molecule has 0 aromatic heterocycles. The highest BCUT2D eigenvalue weighted by Gasteiger charge is 2.14. The minimum absolute atomic E-state index is 0.0276. The van der Waals surface area contributed by atoms with Gasteiger partial charge in [-0.3, -0.25) is 4.79 Å². The molecule has 1 atom stereocenters. The topological polar surface area (TPSA) is 55.6 Å². The van der Waals surface area contributed by atoms with E-state index in [-0.39, 0.29) is 11.9 Å². The molecule has 1 amide bonds. The van der Waals surface area contributed by atoms with Gasteiger partial charge in [0.2, 0.25) is 5.91 Å². The monoisotopic (exact) mass is 346 g/mol. The highest BCUT2D eigenvalue weighted by Crippen LogP contribution is 2.18. The molecule has 0 bridgehead atoms. The van der Waals surface area contributed by atoms with Crippen molar-refractivity contribution in [3.05, 3.63) is 64.7 Å². The summed E-state index contributed by atoms with van der Waals surface area (Å²) in [6.45, 7) is 2.82. The largest absolute Gasteiger partial charge is 0.489 e. The van der Waals surface area contributed by atoms with E-state index in [1.54, 1.807) is 11.9 Å². The Bertz CT molecular complexity index is 691. The number of hydrogen-bond donors (Lipinski definition) is 1. The number of carbonyl (C=O) groups excluding carboxylic acids is 1. The molecule has 0 saturated heterocycles. The van der Waals surface area contributed by atoms with Gasteiger partial charge in [-0.15, -0.1) is 0 Å². The quantitative estimate of drug-likeness (QED) is 0.837. The van der Waals surface area contributed by atoms with Gasteiger partial charge in [0.15, 0.2) is 0 Å². The normalized spacial score (nSPS) is 11.8. The first-order valence-corrected chi connectivity index (χ1v) is 8.29. The van der Waals surface area contributed by atoms with Crippen LogP contribution in [0.25, 0.3) is 0 Å². The molecule has 0 aliphatic rings. The maximum Gasteiger partial charge on any atom is 0.227 e. The minimum Gasteiger partial charge on any atom is -0.489 e. The van der Waals surface area contributed by atoms with Gasteiger partial charge in [0.1, 0.15) is 12.4 Å². The molecule has 0 aliphatic carbocycles. The van der Waals surface area contributed by atoms with E-state index >= 15 is 0 Å². The highest BCUT2D eigenvalue weighted by molar-refractivity contribution is 6.30. The number of benzene rings is 2. The fourth-order valence-corrected chi connectivity index (χ4v) is 2.45. The van der Waals surface area contributed by atoms with E-state index in [9.17, 15) is 4.79 Å². The lowest BCUT2D eigenvalue weighted by Crippen LogP contribution is -2.40. The molecule has 0 saturated carbocycles. The lowest BCUT2D eigenvalue weighted by Gasteiger charge is -2.23. The average molecular weight is 347 g/mol. The summed E-state index contributed by atoms with van der Waals surface area (Å²) in [4.78, 5) is 13.9. The Morgan fingerprint density at radius 1 is 1.21 bits per heavy atom. The SMILES string of the molecule is CC(CN)N(C)C(=O)Cc1cccc(OCc2cccc(Cl)c2)c1. The van der Waals surface area contributed by atoms with E-state index in [0.29, 0.717) is 24.6 Å². The summed E-state index contributed by atoms with van der Waals surface area (Å²) in [5.41, 5.74) is 7.53. The summed E-state index contributed by atoms with van der Waals surface area (Å²) in [6, 6.07) is 15.2. The van der Waals surface area contributed by atoms with E-state index in [1.807, 2.05) is 55.5 Å². The Balaban J connectivity index is 1.97. The molecule has 0 aliphatic heterocycles. The van der Waals surface area contributed by atoms with Crippen LogP contribution in [-0.2, 0) is 17.8 Å². The van der Waals surface area contributed by atoms with Crippen molar-refractivity contribution in [3.63, 3.8) is 0 Å². The average Bonchev–Trinajstić information content (AvgIpc) is 2.59. The van der Waals surface area contributed by atoms with Crippen LogP contribution < -0.4 is 10.5 Å². The molecule has 24 heavy (non-hydrogen) atoms. The lowest BCUT2D eigenvalue weighted by atomic mass is 10.1. The predicted molar refractivity (Wildman–Crippen MR) is 97.2 cm³/mol. The third kappa shape index (κ3) is 5.25. The standard InChI is InChI=1S/C19H23ClN2O2/c1-14(12-21)22(2)19(23)11-15-5-4-8-18(10-15)24-13-16-6-3-7-17(20)9-16/h3-10,14H,11-13,21H2,1-2H3. The molecule has 1 unspecified atom stereocenters. The molecule has 0 spiro atoms. The minimum atomic E-state index is 0.0276. The fraction of sp³-hybridized carbons (Fsp3) is 0.316. The third-order valence-corrected chi connectivity index (χ3v) is 4.18. The van der Waals surface area contributed by atoms with Crippen molar-refractivity contribution < 1.29 is 9.53 Å². The van der Waals surface area contributed by atoms with Crippen LogP contribution >= 0.6 is 11.6 Å². The molecule has 2 rings (SSSR count). The van der Waals surface area contributed by atoms with E-state index < -0.39 is 0 Å². The molecule has 128 valence electrons. The first-order chi connectivity index (χ1) is 11.5. The van der Waals surface area contributed by atoms with Gasteiger partial charge in [-0.05, 0) is 42.3 Å². The van der Waals surface area contributed by atoms with Crippen LogP contribution in [0.1, 0.15) is 18.1 Å². The van der Waals surface area contributed by atoms with E-state index in [0.717, 1.165) is 16.9 Å². The second-order valence-corrected chi connectivity index (χ2v) is 6.27. The van der Waals surface area contributed by atoms with Crippen LogP contribution in [0.3, 0.4) is 0 Å². The zero-order chi connectivity index (χ0) is 17.5. The van der Waals surface area contributed by atoms with Gasteiger partial charge >= 0.3 is 0 Å². The van der Waals surface area contributed by atoms with E-state index in [2.05, 4.69) is 0 Å². The zero-order valence-corrected chi connectivity index (χ0v) is 14.8. The summed E-state index contributed by atoms with van der Waals surface area (Å²) < 4.78 is 5.79. The second kappa shape index (κ2) is 8.71. The van der Waals surface area contributed by atoms with Crippen molar-refractivity contribution in [2.75, 3.05) is 13.6 Å². The second-order valence-electron chi connectivity index (χ2n) is 5.83. The molecular formula is C19H23ClN2O2. The Morgan fingerprint density at radius 3 is 2.62 bits per heavy atom. The number of hydrogen-bond acceptors (Lipinski definition) is 3. The van der Waals surface area contributed by atoms with Gasteiger partial charge in [-0.2, -0.15) is 0 Å². The molecule has 5 heteroatoms. The van der Waals surface area contributed by atoms with Gasteiger partial charge in [0.25, 0.3) is 0 Å². The Hall–Kier alpha value is -2.04. The zero-order valence-electron chi connectivity index (χ0n) is 14.0. The van der Waals surface area contributed by atoms with Gasteiger partial charge < -0.3 is 15.4 Å². The first-order valence-electron chi connectivity index (χ1n) is 7.91. The van der Waals surface area contributed by atoms with Gasteiger partial charge in [-0.1, -0.05) is 35.9 Å². The molecule has 2 aromatic rings. The van der Waals surface area contributed by atoms with Crippen molar-refractivity contribution >= 4 is 17.5 Å². The van der Waals surface area contributed by atoms with Crippen molar-refractivity contribution in [3.8, 4) is 5.75 Å². The number of amides is 1. The smallest absolute Gasteiger partial charge is 0.227 e. The van der Waals surface area contributed by atoms with Crippen LogP contribution in [-0.4, -0.2) is 30.4 Å². The van der Waals surface area contributed by atoms with Gasteiger partial charge in [0.05, 0.1) is 6.42 Å². The Kier molecular flexibility index (Phi) is 6.64. The molecule has 0 heterocycles. The molecule has 4 nitrogen and oxygen atoms in total. The number of nitrogens with two attached hydrogens (primary N) is 1. The number of nitrogens with zero attached hydrogens (tertiary/aromatic N) is 1. The number of likely N-dealkylation sites (N-methyl/N-ethyl adjacent to an activating group) is 1. The molecule has 2 aromatic carbocycles. The summed E-state index contributed by atoms with van der Waals surface area (Å²) >= 11 is 5.97. The van der Waals surface area contributed by atoms with Crippen LogP contribution in [0.2, 0.25) is 5.02 Å². The predicted octanol–water partition coefficient (Wildman–Crippen LogP) is 3.27. The summed E-state index contributed by atoms with van der Waals surface area (Å²) in [7, 11) is 1.78. The van der Waals surface area contributed by atoms with E-state index in [4.69, 9.17) is 22.1 Å². The van der Waals surface area contributed by atoms with Crippen LogP contribution in [0.5, 0.6) is 5.75 Å². The molecule has 2 N–H and O–H groups in total. The van der Waals surface area contributed by atoms with Crippen molar-refractivity contribution in [1.29, 1.82) is 0 Å².